The van der Waals surface area contributed by atoms with E-state index in [-0.39, 0.29) is 11.9 Å². The maximum Gasteiger partial charge on any atom is 0.239 e. The molecule has 2 aromatic heterocycles. The van der Waals surface area contributed by atoms with Gasteiger partial charge in [0.05, 0.1) is 18.4 Å². The summed E-state index contributed by atoms with van der Waals surface area (Å²) in [5.41, 5.74) is 1.13. The minimum Gasteiger partial charge on any atom is -0.368 e. The Balaban J connectivity index is 1.43. The van der Waals surface area contributed by atoms with E-state index >= 15 is 0 Å². The number of nitrogens with zero attached hydrogens (tertiary/aromatic N) is 6. The Kier molecular flexibility index (Phi) is 5.25. The van der Waals surface area contributed by atoms with Gasteiger partial charge in [-0.3, -0.25) is 4.79 Å². The summed E-state index contributed by atoms with van der Waals surface area (Å²) in [6.45, 7) is 7.13. The second kappa shape index (κ2) is 7.97. The Morgan fingerprint density at radius 1 is 1.14 bits per heavy atom. The highest BCUT2D eigenvalue weighted by molar-refractivity contribution is 5.82. The van der Waals surface area contributed by atoms with Gasteiger partial charge in [0, 0.05) is 45.0 Å². The lowest BCUT2D eigenvalue weighted by Crippen LogP contribution is -2.53. The molecule has 0 aliphatic carbocycles. The maximum absolute atomic E-state index is 11.7. The molecule has 0 bridgehead atoms. The molecule has 9 nitrogen and oxygen atoms in total. The fraction of sp³-hybridized carbons (Fsp3) is 0.474. The molecule has 0 unspecified atom stereocenters. The first kappa shape index (κ1) is 18.4. The van der Waals surface area contributed by atoms with Gasteiger partial charge in [0.2, 0.25) is 11.9 Å². The van der Waals surface area contributed by atoms with Crippen molar-refractivity contribution in [2.75, 3.05) is 61.4 Å². The van der Waals surface area contributed by atoms with E-state index in [1.54, 1.807) is 6.20 Å². The van der Waals surface area contributed by atoms with Gasteiger partial charge in [0.15, 0.2) is 0 Å². The van der Waals surface area contributed by atoms with Gasteiger partial charge >= 0.3 is 0 Å². The second-order valence-electron chi connectivity index (χ2n) is 7.34. The highest BCUT2D eigenvalue weighted by Gasteiger charge is 2.24. The molecule has 0 radical (unpaired) electrons. The maximum atomic E-state index is 11.7. The first-order valence-electron chi connectivity index (χ1n) is 9.61. The second-order valence-corrected chi connectivity index (χ2v) is 7.34. The molecule has 148 valence electrons. The van der Waals surface area contributed by atoms with Crippen LogP contribution in [0.15, 0.2) is 30.6 Å². The minimum atomic E-state index is 0.00684. The minimum absolute atomic E-state index is 0.00684. The normalized spacial score (nSPS) is 20.8. The number of nitrogens with one attached hydrogen (secondary N) is 2. The topological polar surface area (TPSA) is 89.5 Å². The number of rotatable bonds is 4. The summed E-state index contributed by atoms with van der Waals surface area (Å²) in [7, 11) is 2.15. The lowest BCUT2D eigenvalue weighted by Gasteiger charge is -2.34. The number of pyridine rings is 1. The van der Waals surface area contributed by atoms with Crippen LogP contribution in [0, 0.1) is 0 Å². The molecule has 2 fully saturated rings. The lowest BCUT2D eigenvalue weighted by molar-refractivity contribution is -0.120. The molecule has 4 rings (SSSR count). The average Bonchev–Trinajstić information content (AvgIpc) is 2.71. The number of piperazine rings is 2. The third-order valence-electron chi connectivity index (χ3n) is 5.23. The fourth-order valence-corrected chi connectivity index (χ4v) is 3.44. The van der Waals surface area contributed by atoms with Crippen molar-refractivity contribution in [3.05, 3.63) is 30.6 Å². The van der Waals surface area contributed by atoms with Gasteiger partial charge in [-0.2, -0.15) is 4.98 Å². The van der Waals surface area contributed by atoms with Crippen molar-refractivity contribution >= 4 is 29.2 Å². The van der Waals surface area contributed by atoms with Crippen molar-refractivity contribution in [3.8, 4) is 0 Å². The number of hydrogen-bond acceptors (Lipinski definition) is 8. The number of hydrogen-bond donors (Lipinski definition) is 2. The standard InChI is InChI=1S/C19H26N8O/c1-14-11-22-18(28)13-27(14)17-5-6-20-19(24-17)23-16-4-3-15(12-21-16)26-9-7-25(2)8-10-26/h3-6,12,14H,7-11,13H2,1-2H3,(H,22,28)(H,20,21,23,24)/t14-/m0/s1. The van der Waals surface area contributed by atoms with Crippen molar-refractivity contribution in [1.82, 2.24) is 25.2 Å². The van der Waals surface area contributed by atoms with E-state index in [0.29, 0.717) is 24.9 Å². The molecule has 28 heavy (non-hydrogen) atoms. The summed E-state index contributed by atoms with van der Waals surface area (Å²) in [6.07, 6.45) is 3.58. The monoisotopic (exact) mass is 382 g/mol. The van der Waals surface area contributed by atoms with Gasteiger partial charge in [-0.15, -0.1) is 0 Å². The summed E-state index contributed by atoms with van der Waals surface area (Å²) in [5, 5.41) is 6.02. The number of amides is 1. The Bertz CT molecular complexity index is 819. The molecule has 2 aromatic rings. The Hall–Kier alpha value is -2.94. The van der Waals surface area contributed by atoms with E-state index in [1.807, 2.05) is 23.2 Å². The van der Waals surface area contributed by atoms with E-state index < -0.39 is 0 Å². The van der Waals surface area contributed by atoms with Crippen LogP contribution in [0.3, 0.4) is 0 Å². The van der Waals surface area contributed by atoms with Crippen LogP contribution in [0.5, 0.6) is 0 Å². The summed E-state index contributed by atoms with van der Waals surface area (Å²) >= 11 is 0. The van der Waals surface area contributed by atoms with Crippen molar-refractivity contribution in [1.29, 1.82) is 0 Å². The largest absolute Gasteiger partial charge is 0.368 e. The molecule has 2 aliphatic rings. The predicted molar refractivity (Wildman–Crippen MR) is 109 cm³/mol. The molecular weight excluding hydrogens is 356 g/mol. The van der Waals surface area contributed by atoms with Crippen molar-refractivity contribution in [2.24, 2.45) is 0 Å². The lowest BCUT2D eigenvalue weighted by atomic mass is 10.2. The molecule has 1 amide bonds. The first-order chi connectivity index (χ1) is 13.6. The SMILES string of the molecule is C[C@H]1CNC(=O)CN1c1ccnc(Nc2ccc(N3CCN(C)CC3)cn2)n1. The van der Waals surface area contributed by atoms with Crippen LogP contribution in [0.25, 0.3) is 0 Å². The molecule has 2 saturated heterocycles. The van der Waals surface area contributed by atoms with Gasteiger partial charge in [0.25, 0.3) is 0 Å². The highest BCUT2D eigenvalue weighted by Crippen LogP contribution is 2.20. The smallest absolute Gasteiger partial charge is 0.239 e. The summed E-state index contributed by atoms with van der Waals surface area (Å²) < 4.78 is 0. The van der Waals surface area contributed by atoms with Crippen molar-refractivity contribution in [3.63, 3.8) is 0 Å². The third-order valence-corrected chi connectivity index (χ3v) is 5.23. The predicted octanol–water partition coefficient (Wildman–Crippen LogP) is 0.692. The molecule has 0 spiro atoms. The van der Waals surface area contributed by atoms with E-state index in [0.717, 1.165) is 37.7 Å². The van der Waals surface area contributed by atoms with Crippen LogP contribution < -0.4 is 20.4 Å². The van der Waals surface area contributed by atoms with Gasteiger partial charge in [-0.05, 0) is 32.2 Å². The van der Waals surface area contributed by atoms with Crippen molar-refractivity contribution in [2.45, 2.75) is 13.0 Å². The number of anilines is 4. The van der Waals surface area contributed by atoms with E-state index in [9.17, 15) is 4.79 Å². The van der Waals surface area contributed by atoms with Crippen LogP contribution in [0.1, 0.15) is 6.92 Å². The van der Waals surface area contributed by atoms with Crippen LogP contribution in [-0.4, -0.2) is 78.1 Å². The zero-order chi connectivity index (χ0) is 19.5. The van der Waals surface area contributed by atoms with Gasteiger partial charge < -0.3 is 25.3 Å². The highest BCUT2D eigenvalue weighted by atomic mass is 16.2. The van der Waals surface area contributed by atoms with Gasteiger partial charge in [-0.1, -0.05) is 0 Å². The van der Waals surface area contributed by atoms with Crippen LogP contribution in [-0.2, 0) is 4.79 Å². The number of aromatic nitrogens is 3. The van der Waals surface area contributed by atoms with Crippen LogP contribution in [0.4, 0.5) is 23.3 Å². The van der Waals surface area contributed by atoms with Gasteiger partial charge in [0.1, 0.15) is 11.6 Å². The van der Waals surface area contributed by atoms with E-state index in [2.05, 4.69) is 55.4 Å². The molecule has 2 aliphatic heterocycles. The molecule has 9 heteroatoms. The molecule has 2 N–H and O–H groups in total. The third kappa shape index (κ3) is 4.14. The first-order valence-corrected chi connectivity index (χ1v) is 9.61. The summed E-state index contributed by atoms with van der Waals surface area (Å²) in [4.78, 5) is 31.7. The molecule has 4 heterocycles. The average molecular weight is 382 g/mol. The molecular formula is C19H26N8O. The van der Waals surface area contributed by atoms with E-state index in [4.69, 9.17) is 0 Å². The zero-order valence-electron chi connectivity index (χ0n) is 16.3. The molecule has 0 saturated carbocycles. The van der Waals surface area contributed by atoms with Crippen LogP contribution in [0.2, 0.25) is 0 Å². The molecule has 1 atom stereocenters. The fourth-order valence-electron chi connectivity index (χ4n) is 3.44. The number of carbonyl (C=O) groups excluding carboxylic acids is 1. The summed E-state index contributed by atoms with van der Waals surface area (Å²) in [5.74, 6) is 1.90. The molecule has 0 aromatic carbocycles. The van der Waals surface area contributed by atoms with Crippen molar-refractivity contribution < 1.29 is 4.79 Å². The Morgan fingerprint density at radius 2 is 1.96 bits per heavy atom. The number of carbonyl (C=O) groups is 1. The Labute approximate surface area is 164 Å². The van der Waals surface area contributed by atoms with Gasteiger partial charge in [-0.25, -0.2) is 9.97 Å². The van der Waals surface area contributed by atoms with Crippen LogP contribution >= 0.6 is 0 Å². The summed E-state index contributed by atoms with van der Waals surface area (Å²) in [6, 6.07) is 6.02. The van der Waals surface area contributed by atoms with E-state index in [1.165, 1.54) is 0 Å². The quantitative estimate of drug-likeness (QED) is 0.799. The number of likely N-dealkylation sites (N-methyl/N-ethyl adjacent to an activating group) is 1. The Morgan fingerprint density at radius 3 is 2.71 bits per heavy atom. The zero-order valence-corrected chi connectivity index (χ0v) is 16.3.